The molecule has 13 heavy (non-hydrogen) atoms. The van der Waals surface area contributed by atoms with Crippen LogP contribution < -0.4 is 5.73 Å². The van der Waals surface area contributed by atoms with Crippen LogP contribution in [0.25, 0.3) is 0 Å². The molecule has 3 nitrogen and oxygen atoms in total. The van der Waals surface area contributed by atoms with Gasteiger partial charge in [-0.2, -0.15) is 0 Å². The maximum absolute atomic E-state index is 10.7. The lowest BCUT2D eigenvalue weighted by Crippen LogP contribution is -2.22. The standard InChI is InChI=1S/C8H9ClN2OS/c1-5(7(10)12)13-8-6(9)3-2-4-11-8/h2-5H,1H3,(H2,10,12). The molecule has 1 aromatic heterocycles. The number of nitrogens with zero attached hydrogens (tertiary/aromatic N) is 1. The van der Waals surface area contributed by atoms with Crippen molar-refractivity contribution in [3.05, 3.63) is 23.4 Å². The highest BCUT2D eigenvalue weighted by Gasteiger charge is 2.12. The van der Waals surface area contributed by atoms with Crippen LogP contribution in [-0.4, -0.2) is 16.1 Å². The van der Waals surface area contributed by atoms with Crippen LogP contribution in [0.3, 0.4) is 0 Å². The molecule has 2 N–H and O–H groups in total. The lowest BCUT2D eigenvalue weighted by molar-refractivity contribution is -0.117. The van der Waals surface area contributed by atoms with Gasteiger partial charge >= 0.3 is 0 Å². The first-order valence-corrected chi connectivity index (χ1v) is 4.93. The lowest BCUT2D eigenvalue weighted by Gasteiger charge is -2.06. The van der Waals surface area contributed by atoms with Crippen LogP contribution in [0.15, 0.2) is 23.4 Å². The molecule has 0 saturated heterocycles. The molecule has 0 saturated carbocycles. The van der Waals surface area contributed by atoms with E-state index < -0.39 is 0 Å². The number of carbonyl (C=O) groups is 1. The van der Waals surface area contributed by atoms with Gasteiger partial charge in [-0.15, -0.1) is 0 Å². The first kappa shape index (κ1) is 10.3. The molecule has 0 aliphatic heterocycles. The average Bonchev–Trinajstić information content (AvgIpc) is 2.08. The first-order valence-electron chi connectivity index (χ1n) is 3.67. The molecule has 0 aliphatic carbocycles. The van der Waals surface area contributed by atoms with Crippen LogP contribution in [0, 0.1) is 0 Å². The topological polar surface area (TPSA) is 56.0 Å². The van der Waals surface area contributed by atoms with Crippen LogP contribution in [0.5, 0.6) is 0 Å². The molecule has 70 valence electrons. The Morgan fingerprint density at radius 3 is 3.00 bits per heavy atom. The maximum atomic E-state index is 10.7. The number of hydrogen-bond donors (Lipinski definition) is 1. The van der Waals surface area contributed by atoms with E-state index in [1.807, 2.05) is 0 Å². The van der Waals surface area contributed by atoms with E-state index >= 15 is 0 Å². The molecule has 1 unspecified atom stereocenters. The Morgan fingerprint density at radius 1 is 1.77 bits per heavy atom. The summed E-state index contributed by atoms with van der Waals surface area (Å²) < 4.78 is 0. The highest BCUT2D eigenvalue weighted by molar-refractivity contribution is 8.00. The summed E-state index contributed by atoms with van der Waals surface area (Å²) in [5.74, 6) is -0.369. The largest absolute Gasteiger partial charge is 0.369 e. The number of nitrogens with two attached hydrogens (primary N) is 1. The Bertz CT molecular complexity index is 319. The van der Waals surface area contributed by atoms with Crippen molar-refractivity contribution < 1.29 is 4.79 Å². The zero-order chi connectivity index (χ0) is 9.84. The van der Waals surface area contributed by atoms with Crippen molar-refractivity contribution in [1.29, 1.82) is 0 Å². The third-order valence-corrected chi connectivity index (χ3v) is 2.97. The van der Waals surface area contributed by atoms with Crippen LogP contribution in [0.4, 0.5) is 0 Å². The summed E-state index contributed by atoms with van der Waals surface area (Å²) in [6, 6.07) is 3.46. The van der Waals surface area contributed by atoms with Crippen LogP contribution in [-0.2, 0) is 4.79 Å². The van der Waals surface area contributed by atoms with Crippen molar-refractivity contribution in [2.45, 2.75) is 17.2 Å². The van der Waals surface area contributed by atoms with E-state index in [0.29, 0.717) is 10.0 Å². The van der Waals surface area contributed by atoms with Crippen molar-refractivity contribution in [3.8, 4) is 0 Å². The summed E-state index contributed by atoms with van der Waals surface area (Å²) in [4.78, 5) is 14.8. The summed E-state index contributed by atoms with van der Waals surface area (Å²) in [6.07, 6.45) is 1.63. The van der Waals surface area contributed by atoms with Gasteiger partial charge in [-0.05, 0) is 19.1 Å². The predicted molar refractivity (Wildman–Crippen MR) is 53.8 cm³/mol. The van der Waals surface area contributed by atoms with Gasteiger partial charge in [0.25, 0.3) is 0 Å². The molecule has 1 rings (SSSR count). The molecule has 5 heteroatoms. The summed E-state index contributed by atoms with van der Waals surface area (Å²) in [5.41, 5.74) is 5.10. The van der Waals surface area contributed by atoms with Gasteiger partial charge in [0.1, 0.15) is 5.03 Å². The van der Waals surface area contributed by atoms with E-state index in [0.717, 1.165) is 0 Å². The van der Waals surface area contributed by atoms with Crippen molar-refractivity contribution in [2.24, 2.45) is 5.73 Å². The Kier molecular flexibility index (Phi) is 3.57. The number of amides is 1. The minimum absolute atomic E-state index is 0.313. The van der Waals surface area contributed by atoms with Gasteiger partial charge in [0, 0.05) is 6.20 Å². The summed E-state index contributed by atoms with van der Waals surface area (Å²) in [7, 11) is 0. The highest BCUT2D eigenvalue weighted by atomic mass is 35.5. The highest BCUT2D eigenvalue weighted by Crippen LogP contribution is 2.27. The fourth-order valence-corrected chi connectivity index (χ4v) is 1.69. The normalized spacial score (nSPS) is 12.5. The number of halogens is 1. The van der Waals surface area contributed by atoms with Gasteiger partial charge in [0.15, 0.2) is 0 Å². The monoisotopic (exact) mass is 216 g/mol. The number of thioether (sulfide) groups is 1. The van der Waals surface area contributed by atoms with Gasteiger partial charge in [0.2, 0.25) is 5.91 Å². The molecule has 0 bridgehead atoms. The number of aromatic nitrogens is 1. The summed E-state index contributed by atoms with van der Waals surface area (Å²) in [5, 5.41) is 0.864. The lowest BCUT2D eigenvalue weighted by atomic mass is 10.5. The van der Waals surface area contributed by atoms with Gasteiger partial charge in [-0.25, -0.2) is 4.98 Å². The zero-order valence-electron chi connectivity index (χ0n) is 7.03. The van der Waals surface area contributed by atoms with Gasteiger partial charge in [0.05, 0.1) is 10.3 Å². The van der Waals surface area contributed by atoms with Crippen LogP contribution in [0.1, 0.15) is 6.92 Å². The first-order chi connectivity index (χ1) is 6.11. The van der Waals surface area contributed by atoms with E-state index in [2.05, 4.69) is 4.98 Å². The van der Waals surface area contributed by atoms with Crippen molar-refractivity contribution in [2.75, 3.05) is 0 Å². The molecule has 0 fully saturated rings. The van der Waals surface area contributed by atoms with Crippen molar-refractivity contribution >= 4 is 29.3 Å². The van der Waals surface area contributed by atoms with Crippen LogP contribution >= 0.6 is 23.4 Å². The SMILES string of the molecule is CC(Sc1ncccc1Cl)C(N)=O. The molecule has 1 aromatic rings. The van der Waals surface area contributed by atoms with Gasteiger partial charge in [-0.3, -0.25) is 4.79 Å². The maximum Gasteiger partial charge on any atom is 0.230 e. The molecule has 0 radical (unpaired) electrons. The number of rotatable bonds is 3. The molecular formula is C8H9ClN2OS. The van der Waals surface area contributed by atoms with E-state index in [1.165, 1.54) is 11.8 Å². The minimum Gasteiger partial charge on any atom is -0.369 e. The van der Waals surface area contributed by atoms with Gasteiger partial charge < -0.3 is 5.73 Å². The van der Waals surface area contributed by atoms with Gasteiger partial charge in [-0.1, -0.05) is 23.4 Å². The fraction of sp³-hybridized carbons (Fsp3) is 0.250. The predicted octanol–water partition coefficient (Wildman–Crippen LogP) is 1.70. The van der Waals surface area contributed by atoms with Crippen molar-refractivity contribution in [3.63, 3.8) is 0 Å². The van der Waals surface area contributed by atoms with Crippen LogP contribution in [0.2, 0.25) is 5.02 Å². The zero-order valence-corrected chi connectivity index (χ0v) is 8.60. The second-order valence-electron chi connectivity index (χ2n) is 2.45. The second-order valence-corrected chi connectivity index (χ2v) is 4.19. The number of pyridine rings is 1. The number of carbonyl (C=O) groups excluding carboxylic acids is 1. The Balaban J connectivity index is 2.74. The average molecular weight is 217 g/mol. The Morgan fingerprint density at radius 2 is 2.46 bits per heavy atom. The van der Waals surface area contributed by atoms with E-state index in [4.69, 9.17) is 17.3 Å². The fourth-order valence-electron chi connectivity index (χ4n) is 0.683. The van der Waals surface area contributed by atoms with E-state index in [9.17, 15) is 4.79 Å². The molecule has 0 spiro atoms. The Hall–Kier alpha value is -0.740. The minimum atomic E-state index is -0.369. The summed E-state index contributed by atoms with van der Waals surface area (Å²) in [6.45, 7) is 1.72. The Labute approximate surface area is 85.7 Å². The third-order valence-electron chi connectivity index (χ3n) is 1.41. The molecule has 0 aliphatic rings. The summed E-state index contributed by atoms with van der Waals surface area (Å²) >= 11 is 7.10. The van der Waals surface area contributed by atoms with Crippen molar-refractivity contribution in [1.82, 2.24) is 4.98 Å². The number of primary amides is 1. The molecule has 1 atom stereocenters. The quantitative estimate of drug-likeness (QED) is 0.783. The molecule has 1 amide bonds. The molecular weight excluding hydrogens is 208 g/mol. The molecule has 0 aromatic carbocycles. The van der Waals surface area contributed by atoms with E-state index in [-0.39, 0.29) is 11.2 Å². The molecule has 1 heterocycles. The van der Waals surface area contributed by atoms with E-state index in [1.54, 1.807) is 25.3 Å². The smallest absolute Gasteiger partial charge is 0.230 e. The third kappa shape index (κ3) is 2.90. The second kappa shape index (κ2) is 4.48. The number of hydrogen-bond acceptors (Lipinski definition) is 3.